The Morgan fingerprint density at radius 1 is 1.00 bits per heavy atom. The highest BCUT2D eigenvalue weighted by Gasteiger charge is 2.14. The first-order valence-electron chi connectivity index (χ1n) is 9.74. The predicted molar refractivity (Wildman–Crippen MR) is 120 cm³/mol. The van der Waals surface area contributed by atoms with Gasteiger partial charge in [-0.25, -0.2) is 0 Å². The molecule has 4 heteroatoms. The minimum Gasteiger partial charge on any atom is -0.488 e. The van der Waals surface area contributed by atoms with Crippen molar-refractivity contribution in [2.45, 2.75) is 27.4 Å². The topological polar surface area (TPSA) is 62.1 Å². The van der Waals surface area contributed by atoms with E-state index in [0.717, 1.165) is 27.9 Å². The third-order valence-electron chi connectivity index (χ3n) is 4.74. The molecular formula is C26H24N2O2. The van der Waals surface area contributed by atoms with Crippen LogP contribution in [0.2, 0.25) is 0 Å². The molecule has 3 aromatic rings. The molecule has 0 aliphatic rings. The Hall–Kier alpha value is -3.84. The summed E-state index contributed by atoms with van der Waals surface area (Å²) in [6.45, 7) is 6.30. The maximum Gasteiger partial charge on any atom is 0.266 e. The summed E-state index contributed by atoms with van der Waals surface area (Å²) >= 11 is 0. The maximum atomic E-state index is 12.8. The Bertz CT molecular complexity index is 1100. The first-order valence-corrected chi connectivity index (χ1v) is 9.74. The van der Waals surface area contributed by atoms with Crippen LogP contribution in [0, 0.1) is 32.1 Å². The number of hydrogen-bond acceptors (Lipinski definition) is 3. The molecule has 30 heavy (non-hydrogen) atoms. The summed E-state index contributed by atoms with van der Waals surface area (Å²) in [7, 11) is 0. The van der Waals surface area contributed by atoms with Gasteiger partial charge in [0.05, 0.1) is 0 Å². The molecule has 0 heterocycles. The molecule has 150 valence electrons. The lowest BCUT2D eigenvalue weighted by Gasteiger charge is -2.13. The van der Waals surface area contributed by atoms with E-state index in [2.05, 4.69) is 5.32 Å². The van der Waals surface area contributed by atoms with E-state index in [1.165, 1.54) is 0 Å². The normalized spacial score (nSPS) is 10.9. The lowest BCUT2D eigenvalue weighted by molar-refractivity contribution is -0.112. The van der Waals surface area contributed by atoms with Crippen molar-refractivity contribution in [2.75, 3.05) is 5.32 Å². The molecule has 0 saturated heterocycles. The number of hydrogen-bond donors (Lipinski definition) is 1. The third-order valence-corrected chi connectivity index (χ3v) is 4.74. The van der Waals surface area contributed by atoms with E-state index in [-0.39, 0.29) is 5.57 Å². The Morgan fingerprint density at radius 2 is 1.63 bits per heavy atom. The number of carbonyl (C=O) groups excluding carboxylic acids is 1. The highest BCUT2D eigenvalue weighted by atomic mass is 16.5. The summed E-state index contributed by atoms with van der Waals surface area (Å²) in [4.78, 5) is 12.8. The van der Waals surface area contributed by atoms with Gasteiger partial charge in [0.2, 0.25) is 0 Å². The number of nitrogens with one attached hydrogen (secondary N) is 1. The average Bonchev–Trinajstić information content (AvgIpc) is 2.74. The fourth-order valence-electron chi connectivity index (χ4n) is 3.33. The van der Waals surface area contributed by atoms with Gasteiger partial charge in [0.15, 0.2) is 0 Å². The molecule has 0 spiro atoms. The van der Waals surface area contributed by atoms with Crippen LogP contribution in [0.4, 0.5) is 5.69 Å². The number of anilines is 1. The summed E-state index contributed by atoms with van der Waals surface area (Å²) in [5, 5.41) is 12.5. The van der Waals surface area contributed by atoms with Gasteiger partial charge in [0.25, 0.3) is 5.91 Å². The van der Waals surface area contributed by atoms with Crippen molar-refractivity contribution < 1.29 is 9.53 Å². The van der Waals surface area contributed by atoms with Gasteiger partial charge in [0, 0.05) is 11.3 Å². The zero-order valence-corrected chi connectivity index (χ0v) is 17.4. The monoisotopic (exact) mass is 396 g/mol. The van der Waals surface area contributed by atoms with Crippen LogP contribution in [0.15, 0.2) is 72.3 Å². The largest absolute Gasteiger partial charge is 0.488 e. The van der Waals surface area contributed by atoms with Gasteiger partial charge in [-0.3, -0.25) is 4.79 Å². The van der Waals surface area contributed by atoms with Crippen molar-refractivity contribution in [3.63, 3.8) is 0 Å². The molecule has 0 saturated carbocycles. The van der Waals surface area contributed by atoms with Gasteiger partial charge in [-0.2, -0.15) is 5.26 Å². The number of para-hydroxylation sites is 1. The summed E-state index contributed by atoms with van der Waals surface area (Å²) in [5.41, 5.74) is 5.53. The van der Waals surface area contributed by atoms with Gasteiger partial charge in [-0.05, 0) is 49.6 Å². The molecule has 0 radical (unpaired) electrons. The molecule has 0 bridgehead atoms. The van der Waals surface area contributed by atoms with Crippen molar-refractivity contribution >= 4 is 17.7 Å². The standard InChI is InChI=1S/C26H24N2O2/c1-18-13-19(2)25(20(3)14-18)28-26(29)23(16-27)15-22-11-7-8-12-24(22)30-17-21-9-5-4-6-10-21/h4-15H,17H2,1-3H3,(H,28,29)/b23-15+. The molecular weight excluding hydrogens is 372 g/mol. The minimum atomic E-state index is -0.439. The van der Waals surface area contributed by atoms with E-state index < -0.39 is 5.91 Å². The summed E-state index contributed by atoms with van der Waals surface area (Å²) in [6, 6.07) is 23.2. The summed E-state index contributed by atoms with van der Waals surface area (Å²) in [6.07, 6.45) is 1.56. The number of amides is 1. The number of ether oxygens (including phenoxy) is 1. The third kappa shape index (κ3) is 5.15. The zero-order chi connectivity index (χ0) is 21.5. The minimum absolute atomic E-state index is 0.0186. The number of benzene rings is 3. The van der Waals surface area contributed by atoms with Crippen LogP contribution in [-0.4, -0.2) is 5.91 Å². The Morgan fingerprint density at radius 3 is 2.30 bits per heavy atom. The van der Waals surface area contributed by atoms with Crippen molar-refractivity contribution in [3.05, 3.63) is 100 Å². The second-order valence-electron chi connectivity index (χ2n) is 7.21. The van der Waals surface area contributed by atoms with Gasteiger partial charge in [-0.15, -0.1) is 0 Å². The van der Waals surface area contributed by atoms with E-state index in [0.29, 0.717) is 17.9 Å². The van der Waals surface area contributed by atoms with Crippen LogP contribution in [0.1, 0.15) is 27.8 Å². The van der Waals surface area contributed by atoms with Crippen molar-refractivity contribution in [1.82, 2.24) is 0 Å². The van der Waals surface area contributed by atoms with Gasteiger partial charge in [-0.1, -0.05) is 66.2 Å². The van der Waals surface area contributed by atoms with Gasteiger partial charge in [0.1, 0.15) is 24.0 Å². The predicted octanol–water partition coefficient (Wildman–Crippen LogP) is 5.74. The molecule has 4 nitrogen and oxygen atoms in total. The van der Waals surface area contributed by atoms with E-state index in [4.69, 9.17) is 4.74 Å². The van der Waals surface area contributed by atoms with Crippen molar-refractivity contribution in [3.8, 4) is 11.8 Å². The fourth-order valence-corrected chi connectivity index (χ4v) is 3.33. The van der Waals surface area contributed by atoms with Crippen LogP contribution in [0.5, 0.6) is 5.75 Å². The van der Waals surface area contributed by atoms with Crippen LogP contribution in [0.3, 0.4) is 0 Å². The fraction of sp³-hybridized carbons (Fsp3) is 0.154. The number of rotatable bonds is 6. The second-order valence-corrected chi connectivity index (χ2v) is 7.21. The Balaban J connectivity index is 1.82. The van der Waals surface area contributed by atoms with Gasteiger partial charge >= 0.3 is 0 Å². The quantitative estimate of drug-likeness (QED) is 0.427. The SMILES string of the molecule is Cc1cc(C)c(NC(=O)/C(C#N)=C/c2ccccc2OCc2ccccc2)c(C)c1. The average molecular weight is 396 g/mol. The number of carbonyl (C=O) groups is 1. The first-order chi connectivity index (χ1) is 14.5. The molecule has 3 aromatic carbocycles. The van der Waals surface area contributed by atoms with E-state index in [1.54, 1.807) is 6.08 Å². The molecule has 0 aromatic heterocycles. The Kier molecular flexibility index (Phi) is 6.67. The molecule has 1 N–H and O–H groups in total. The number of nitrogens with zero attached hydrogens (tertiary/aromatic N) is 1. The highest BCUT2D eigenvalue weighted by molar-refractivity contribution is 6.10. The van der Waals surface area contributed by atoms with Crippen molar-refractivity contribution in [1.29, 1.82) is 5.26 Å². The molecule has 0 atom stereocenters. The van der Waals surface area contributed by atoms with E-state index in [1.807, 2.05) is 93.6 Å². The summed E-state index contributed by atoms with van der Waals surface area (Å²) in [5.74, 6) is 0.176. The molecule has 0 aliphatic carbocycles. The summed E-state index contributed by atoms with van der Waals surface area (Å²) < 4.78 is 5.93. The van der Waals surface area contributed by atoms with Gasteiger partial charge < -0.3 is 10.1 Å². The van der Waals surface area contributed by atoms with Crippen LogP contribution >= 0.6 is 0 Å². The molecule has 0 aliphatic heterocycles. The lowest BCUT2D eigenvalue weighted by atomic mass is 10.0. The number of nitriles is 1. The molecule has 0 unspecified atom stereocenters. The lowest BCUT2D eigenvalue weighted by Crippen LogP contribution is -2.15. The Labute approximate surface area is 177 Å². The first kappa shape index (κ1) is 20.9. The van der Waals surface area contributed by atoms with Crippen LogP contribution in [0.25, 0.3) is 6.08 Å². The van der Waals surface area contributed by atoms with E-state index >= 15 is 0 Å². The molecule has 3 rings (SSSR count). The van der Waals surface area contributed by atoms with E-state index in [9.17, 15) is 10.1 Å². The van der Waals surface area contributed by atoms with Crippen LogP contribution < -0.4 is 10.1 Å². The highest BCUT2D eigenvalue weighted by Crippen LogP contribution is 2.25. The second kappa shape index (κ2) is 9.58. The van der Waals surface area contributed by atoms with Crippen LogP contribution in [-0.2, 0) is 11.4 Å². The van der Waals surface area contributed by atoms with Crippen molar-refractivity contribution in [2.24, 2.45) is 0 Å². The molecule has 1 amide bonds. The molecule has 0 fully saturated rings. The maximum absolute atomic E-state index is 12.8. The smallest absolute Gasteiger partial charge is 0.266 e. The number of aryl methyl sites for hydroxylation is 3. The zero-order valence-electron chi connectivity index (χ0n) is 17.4.